The Hall–Kier alpha value is -4.29. The van der Waals surface area contributed by atoms with Crippen molar-refractivity contribution in [2.24, 2.45) is 4.99 Å². The molecule has 1 saturated heterocycles. The molecular weight excluding hydrogens is 504 g/mol. The van der Waals surface area contributed by atoms with Gasteiger partial charge in [0.2, 0.25) is 0 Å². The summed E-state index contributed by atoms with van der Waals surface area (Å²) in [5.74, 6) is 1.14. The number of aliphatic imine (C=N–C) groups is 1. The quantitative estimate of drug-likeness (QED) is 0.225. The average molecular weight is 535 g/mol. The van der Waals surface area contributed by atoms with Crippen LogP contribution in [0.2, 0.25) is 0 Å². The summed E-state index contributed by atoms with van der Waals surface area (Å²) in [6.45, 7) is 6.57. The van der Waals surface area contributed by atoms with E-state index in [2.05, 4.69) is 19.1 Å². The summed E-state index contributed by atoms with van der Waals surface area (Å²) in [5, 5.41) is 0.615. The van der Waals surface area contributed by atoms with Crippen LogP contribution in [0, 0.1) is 20.8 Å². The number of methoxy groups -OCH3 is 1. The highest BCUT2D eigenvalue weighted by atomic mass is 32.2. The maximum atomic E-state index is 13.7. The molecule has 0 bridgehead atoms. The lowest BCUT2D eigenvalue weighted by Gasteiger charge is -2.16. The van der Waals surface area contributed by atoms with Gasteiger partial charge in [0.25, 0.3) is 5.91 Å². The van der Waals surface area contributed by atoms with Crippen molar-refractivity contribution in [2.75, 3.05) is 12.0 Å². The first-order valence-electron chi connectivity index (χ1n) is 12.7. The summed E-state index contributed by atoms with van der Waals surface area (Å²) in [6.07, 6.45) is 1.87. The molecule has 0 aromatic heterocycles. The van der Waals surface area contributed by atoms with Gasteiger partial charge in [0.1, 0.15) is 6.61 Å². The van der Waals surface area contributed by atoms with E-state index in [-0.39, 0.29) is 5.91 Å². The lowest BCUT2D eigenvalue weighted by atomic mass is 10.1. The number of hydrogen-bond acceptors (Lipinski definition) is 5. The van der Waals surface area contributed by atoms with Crippen molar-refractivity contribution in [3.8, 4) is 11.5 Å². The third kappa shape index (κ3) is 6.24. The van der Waals surface area contributed by atoms with Crippen molar-refractivity contribution in [3.63, 3.8) is 0 Å². The minimum Gasteiger partial charge on any atom is -0.493 e. The van der Waals surface area contributed by atoms with Crippen molar-refractivity contribution in [1.29, 1.82) is 0 Å². The summed E-state index contributed by atoms with van der Waals surface area (Å²) in [5.41, 5.74) is 6.98. The van der Waals surface area contributed by atoms with Crippen LogP contribution in [-0.2, 0) is 11.4 Å². The molecule has 4 aromatic rings. The number of amides is 1. The zero-order valence-corrected chi connectivity index (χ0v) is 23.3. The summed E-state index contributed by atoms with van der Waals surface area (Å²) in [7, 11) is 1.62. The molecule has 1 aliphatic heterocycles. The summed E-state index contributed by atoms with van der Waals surface area (Å²) in [6, 6.07) is 29.8. The molecule has 5 nitrogen and oxygen atoms in total. The fourth-order valence-electron chi connectivity index (χ4n) is 4.21. The molecule has 0 N–H and O–H groups in total. The Kier molecular flexibility index (Phi) is 7.84. The lowest BCUT2D eigenvalue weighted by molar-refractivity contribution is -0.113. The van der Waals surface area contributed by atoms with Crippen LogP contribution in [-0.4, -0.2) is 18.2 Å². The van der Waals surface area contributed by atoms with Gasteiger partial charge in [0, 0.05) is 0 Å². The Balaban J connectivity index is 1.44. The molecule has 0 spiro atoms. The Morgan fingerprint density at radius 1 is 0.821 bits per heavy atom. The van der Waals surface area contributed by atoms with Crippen LogP contribution in [0.1, 0.15) is 27.8 Å². The Morgan fingerprint density at radius 3 is 2.23 bits per heavy atom. The van der Waals surface area contributed by atoms with Gasteiger partial charge in [-0.1, -0.05) is 71.3 Å². The zero-order valence-electron chi connectivity index (χ0n) is 22.5. The normalized spacial score (nSPS) is 15.3. The second kappa shape index (κ2) is 11.6. The summed E-state index contributed by atoms with van der Waals surface area (Å²) >= 11 is 1.36. The van der Waals surface area contributed by atoms with Gasteiger partial charge in [-0.25, -0.2) is 4.99 Å². The van der Waals surface area contributed by atoms with E-state index in [0.717, 1.165) is 33.6 Å². The SMILES string of the molecule is COc1cc(/C=C2/SC(=Nc3ccc(C)cc3)N(c3ccc(C)cc3)C2=O)ccc1OCc1cccc(C)c1. The molecule has 4 aromatic carbocycles. The zero-order chi connectivity index (χ0) is 27.4. The third-order valence-electron chi connectivity index (χ3n) is 6.32. The van der Waals surface area contributed by atoms with Gasteiger partial charge in [-0.2, -0.15) is 0 Å². The predicted octanol–water partition coefficient (Wildman–Crippen LogP) is 8.01. The Labute approximate surface area is 233 Å². The van der Waals surface area contributed by atoms with E-state index in [4.69, 9.17) is 14.5 Å². The third-order valence-corrected chi connectivity index (χ3v) is 7.29. The fourth-order valence-corrected chi connectivity index (χ4v) is 5.21. The number of amidine groups is 1. The van der Waals surface area contributed by atoms with Gasteiger partial charge >= 0.3 is 0 Å². The highest BCUT2D eigenvalue weighted by Crippen LogP contribution is 2.38. The number of ether oxygens (including phenoxy) is 2. The van der Waals surface area contributed by atoms with Crippen molar-refractivity contribution >= 4 is 40.3 Å². The number of hydrogen-bond donors (Lipinski definition) is 0. The van der Waals surface area contributed by atoms with Crippen LogP contribution in [0.4, 0.5) is 11.4 Å². The first kappa shape index (κ1) is 26.3. The van der Waals surface area contributed by atoms with Crippen LogP contribution >= 0.6 is 11.8 Å². The summed E-state index contributed by atoms with van der Waals surface area (Å²) < 4.78 is 11.7. The minimum atomic E-state index is -0.117. The Bertz CT molecular complexity index is 1560. The van der Waals surface area contributed by atoms with Crippen LogP contribution in [0.25, 0.3) is 6.08 Å². The van der Waals surface area contributed by atoms with Crippen molar-refractivity contribution in [1.82, 2.24) is 0 Å². The molecule has 0 unspecified atom stereocenters. The molecule has 1 fully saturated rings. The molecule has 196 valence electrons. The van der Waals surface area contributed by atoms with E-state index < -0.39 is 0 Å². The predicted molar refractivity (Wildman–Crippen MR) is 161 cm³/mol. The first-order valence-corrected chi connectivity index (χ1v) is 13.5. The maximum Gasteiger partial charge on any atom is 0.271 e. The van der Waals surface area contributed by atoms with E-state index in [1.54, 1.807) is 12.0 Å². The second-order valence-electron chi connectivity index (χ2n) is 9.50. The second-order valence-corrected chi connectivity index (χ2v) is 10.5. The molecular formula is C33H30N2O3S. The fraction of sp³-hybridized carbons (Fsp3) is 0.152. The molecule has 1 aliphatic rings. The number of anilines is 1. The first-order chi connectivity index (χ1) is 18.9. The van der Waals surface area contributed by atoms with Crippen molar-refractivity contribution < 1.29 is 14.3 Å². The van der Waals surface area contributed by atoms with Crippen LogP contribution < -0.4 is 14.4 Å². The number of rotatable bonds is 7. The largest absolute Gasteiger partial charge is 0.493 e. The molecule has 1 amide bonds. The van der Waals surface area contributed by atoms with Crippen LogP contribution in [0.15, 0.2) is 101 Å². The molecule has 0 radical (unpaired) electrons. The van der Waals surface area contributed by atoms with E-state index in [0.29, 0.717) is 28.2 Å². The van der Waals surface area contributed by atoms with Gasteiger partial charge in [-0.05, 0) is 86.1 Å². The smallest absolute Gasteiger partial charge is 0.271 e. The van der Waals surface area contributed by atoms with E-state index in [1.165, 1.54) is 17.3 Å². The molecule has 5 rings (SSSR count). The van der Waals surface area contributed by atoms with Gasteiger partial charge in [-0.3, -0.25) is 9.69 Å². The summed E-state index contributed by atoms with van der Waals surface area (Å²) in [4.78, 5) is 20.7. The van der Waals surface area contributed by atoms with Gasteiger partial charge < -0.3 is 9.47 Å². The topological polar surface area (TPSA) is 51.1 Å². The minimum absolute atomic E-state index is 0.117. The number of carbonyl (C=O) groups is 1. The van der Waals surface area contributed by atoms with Crippen molar-refractivity contribution in [2.45, 2.75) is 27.4 Å². The van der Waals surface area contributed by atoms with E-state index >= 15 is 0 Å². The number of nitrogens with zero attached hydrogens (tertiary/aromatic N) is 2. The monoisotopic (exact) mass is 534 g/mol. The molecule has 0 atom stereocenters. The van der Waals surface area contributed by atoms with Gasteiger partial charge in [-0.15, -0.1) is 0 Å². The molecule has 0 aliphatic carbocycles. The molecule has 39 heavy (non-hydrogen) atoms. The van der Waals surface area contributed by atoms with E-state index in [9.17, 15) is 4.79 Å². The van der Waals surface area contributed by atoms with Gasteiger partial charge in [0.05, 0.1) is 23.4 Å². The number of benzene rings is 4. The standard InChI is InChI=1S/C33H30N2O3S/c1-22-8-13-27(14-9-22)34-33-35(28-15-10-23(2)11-16-28)32(36)31(39-33)20-25-12-17-29(30(19-25)37-4)38-21-26-7-5-6-24(3)18-26/h5-20H,21H2,1-4H3/b31-20+,34-33?. The number of aryl methyl sites for hydroxylation is 3. The van der Waals surface area contributed by atoms with Crippen molar-refractivity contribution in [3.05, 3.63) is 124 Å². The van der Waals surface area contributed by atoms with E-state index in [1.807, 2.05) is 98.8 Å². The van der Waals surface area contributed by atoms with Gasteiger partial charge in [0.15, 0.2) is 16.7 Å². The number of thioether (sulfide) groups is 1. The number of carbonyl (C=O) groups excluding carboxylic acids is 1. The average Bonchev–Trinajstić information content (AvgIpc) is 3.23. The molecule has 6 heteroatoms. The highest BCUT2D eigenvalue weighted by molar-refractivity contribution is 8.19. The maximum absolute atomic E-state index is 13.7. The lowest BCUT2D eigenvalue weighted by Crippen LogP contribution is -2.28. The Morgan fingerprint density at radius 2 is 1.54 bits per heavy atom. The molecule has 1 heterocycles. The highest BCUT2D eigenvalue weighted by Gasteiger charge is 2.34. The van der Waals surface area contributed by atoms with Crippen LogP contribution in [0.3, 0.4) is 0 Å². The molecule has 0 saturated carbocycles. The van der Waals surface area contributed by atoms with Crippen LogP contribution in [0.5, 0.6) is 11.5 Å².